The van der Waals surface area contributed by atoms with Gasteiger partial charge in [-0.05, 0) is 46.6 Å². The van der Waals surface area contributed by atoms with E-state index in [1.165, 1.54) is 6.92 Å². The zero-order valence-electron chi connectivity index (χ0n) is 17.2. The average molecular weight is 370 g/mol. The highest BCUT2D eigenvalue weighted by atomic mass is 16.5. The molecule has 150 valence electrons. The zero-order valence-corrected chi connectivity index (χ0v) is 17.2. The summed E-state index contributed by atoms with van der Waals surface area (Å²) in [4.78, 5) is 26.3. The van der Waals surface area contributed by atoms with Crippen molar-refractivity contribution in [2.24, 2.45) is 0 Å². The average Bonchev–Trinajstić information content (AvgIpc) is 2.54. The first kappa shape index (κ1) is 22.6. The summed E-state index contributed by atoms with van der Waals surface area (Å²) in [5, 5.41) is 11.0. The van der Waals surface area contributed by atoms with E-state index in [-0.39, 0.29) is 25.0 Å². The summed E-state index contributed by atoms with van der Waals surface area (Å²) < 4.78 is 11.2. The molecule has 0 heterocycles. The Morgan fingerprint density at radius 2 is 1.85 bits per heavy atom. The van der Waals surface area contributed by atoms with Crippen LogP contribution in [0.5, 0.6) is 0 Å². The highest BCUT2D eigenvalue weighted by Gasteiger charge is 2.43. The van der Waals surface area contributed by atoms with Gasteiger partial charge in [-0.15, -0.1) is 0 Å². The summed E-state index contributed by atoms with van der Waals surface area (Å²) in [6, 6.07) is -0.545. The van der Waals surface area contributed by atoms with Gasteiger partial charge in [0.05, 0.1) is 18.8 Å². The number of aliphatic hydroxyl groups is 1. The lowest BCUT2D eigenvalue weighted by Crippen LogP contribution is -2.59. The summed E-state index contributed by atoms with van der Waals surface area (Å²) in [5.74, 6) is -0.562. The van der Waals surface area contributed by atoms with Crippen LogP contribution >= 0.6 is 0 Å². The molecule has 0 aliphatic heterocycles. The largest absolute Gasteiger partial charge is 0.463 e. The van der Waals surface area contributed by atoms with Crippen molar-refractivity contribution in [3.05, 3.63) is 11.6 Å². The SMILES string of the molecule is CCOC(=O)C1=C[C@@H](OC(CC)CC)[C@H](O)[C@@H](N(C(C)=O)C(C)(C)C)C1. The number of rotatable bonds is 7. The Hall–Kier alpha value is -1.40. The summed E-state index contributed by atoms with van der Waals surface area (Å²) >= 11 is 0. The maximum Gasteiger partial charge on any atom is 0.333 e. The third kappa shape index (κ3) is 5.55. The summed E-state index contributed by atoms with van der Waals surface area (Å²) in [5.41, 5.74) is -0.0396. The molecule has 3 atom stereocenters. The van der Waals surface area contributed by atoms with Gasteiger partial charge in [0.25, 0.3) is 0 Å². The molecule has 1 aliphatic rings. The molecule has 0 unspecified atom stereocenters. The van der Waals surface area contributed by atoms with E-state index in [4.69, 9.17) is 9.47 Å². The number of ether oxygens (including phenoxy) is 2. The maximum absolute atomic E-state index is 12.3. The van der Waals surface area contributed by atoms with E-state index < -0.39 is 29.8 Å². The van der Waals surface area contributed by atoms with Gasteiger partial charge >= 0.3 is 5.97 Å². The van der Waals surface area contributed by atoms with Gasteiger partial charge in [-0.1, -0.05) is 13.8 Å². The summed E-state index contributed by atoms with van der Waals surface area (Å²) in [6.07, 6.45) is 1.95. The summed E-state index contributed by atoms with van der Waals surface area (Å²) in [7, 11) is 0. The lowest BCUT2D eigenvalue weighted by molar-refractivity contribution is -0.150. The van der Waals surface area contributed by atoms with Gasteiger partial charge in [0.2, 0.25) is 5.91 Å². The molecule has 0 aromatic carbocycles. The van der Waals surface area contributed by atoms with Crippen molar-refractivity contribution in [1.29, 1.82) is 0 Å². The van der Waals surface area contributed by atoms with Crippen LogP contribution in [-0.4, -0.2) is 58.4 Å². The van der Waals surface area contributed by atoms with Crippen LogP contribution in [0.1, 0.15) is 67.7 Å². The van der Waals surface area contributed by atoms with Gasteiger partial charge in [-0.25, -0.2) is 4.79 Å². The summed E-state index contributed by atoms with van der Waals surface area (Å²) in [6.45, 7) is 13.3. The van der Waals surface area contributed by atoms with Gasteiger partial charge in [0, 0.05) is 24.5 Å². The second kappa shape index (κ2) is 9.51. The second-order valence-corrected chi connectivity index (χ2v) is 7.77. The predicted molar refractivity (Wildman–Crippen MR) is 101 cm³/mol. The van der Waals surface area contributed by atoms with Crippen molar-refractivity contribution in [3.63, 3.8) is 0 Å². The predicted octanol–water partition coefficient (Wildman–Crippen LogP) is 2.83. The molecule has 1 aliphatic carbocycles. The number of hydrogen-bond acceptors (Lipinski definition) is 5. The molecular weight excluding hydrogens is 334 g/mol. The van der Waals surface area contributed by atoms with Gasteiger partial charge in [-0.3, -0.25) is 4.79 Å². The molecule has 1 rings (SSSR count). The Balaban J connectivity index is 3.26. The Morgan fingerprint density at radius 1 is 1.27 bits per heavy atom. The van der Waals surface area contributed by atoms with Crippen LogP contribution in [0.4, 0.5) is 0 Å². The fourth-order valence-electron chi connectivity index (χ4n) is 3.58. The number of hydrogen-bond donors (Lipinski definition) is 1. The van der Waals surface area contributed by atoms with Crippen LogP contribution in [0.2, 0.25) is 0 Å². The molecule has 26 heavy (non-hydrogen) atoms. The van der Waals surface area contributed by atoms with Gasteiger partial charge in [-0.2, -0.15) is 0 Å². The molecule has 6 heteroatoms. The fourth-order valence-corrected chi connectivity index (χ4v) is 3.58. The number of amides is 1. The van der Waals surface area contributed by atoms with Crippen molar-refractivity contribution in [1.82, 2.24) is 4.90 Å². The minimum Gasteiger partial charge on any atom is -0.463 e. The van der Waals surface area contributed by atoms with E-state index in [0.29, 0.717) is 5.57 Å². The quantitative estimate of drug-likeness (QED) is 0.699. The molecule has 0 fully saturated rings. The minimum absolute atomic E-state index is 0.0199. The molecule has 1 amide bonds. The minimum atomic E-state index is -0.906. The van der Waals surface area contributed by atoms with E-state index >= 15 is 0 Å². The molecule has 6 nitrogen and oxygen atoms in total. The van der Waals surface area contributed by atoms with Crippen LogP contribution in [0.25, 0.3) is 0 Å². The van der Waals surface area contributed by atoms with E-state index in [1.54, 1.807) is 17.9 Å². The van der Waals surface area contributed by atoms with E-state index in [9.17, 15) is 14.7 Å². The molecule has 0 aromatic rings. The number of nitrogens with zero attached hydrogens (tertiary/aromatic N) is 1. The molecule has 0 spiro atoms. The number of esters is 1. The van der Waals surface area contributed by atoms with Crippen LogP contribution in [0.3, 0.4) is 0 Å². The van der Waals surface area contributed by atoms with Crippen LogP contribution < -0.4 is 0 Å². The van der Waals surface area contributed by atoms with Crippen LogP contribution in [-0.2, 0) is 19.1 Å². The van der Waals surface area contributed by atoms with E-state index in [0.717, 1.165) is 12.8 Å². The van der Waals surface area contributed by atoms with Crippen LogP contribution in [0.15, 0.2) is 11.6 Å². The molecular formula is C20H35NO5. The van der Waals surface area contributed by atoms with Crippen molar-refractivity contribution in [2.75, 3.05) is 6.61 Å². The molecule has 0 radical (unpaired) electrons. The lowest BCUT2D eigenvalue weighted by Gasteiger charge is -2.46. The first-order valence-electron chi connectivity index (χ1n) is 9.57. The topological polar surface area (TPSA) is 76.1 Å². The van der Waals surface area contributed by atoms with E-state index in [1.807, 2.05) is 34.6 Å². The Kier molecular flexibility index (Phi) is 8.28. The molecule has 1 N–H and O–H groups in total. The standard InChI is InChI=1S/C20H35NO5/c1-8-15(9-2)26-17-12-14(19(24)25-10-3)11-16(18(17)23)21(13(4)22)20(5,6)7/h12,15-18,23H,8-11H2,1-7H3/t16-,17+,18+/m0/s1. The third-order valence-corrected chi connectivity index (χ3v) is 4.72. The Labute approximate surface area is 157 Å². The number of aliphatic hydroxyl groups excluding tert-OH is 1. The molecule has 0 aromatic heterocycles. The van der Waals surface area contributed by atoms with Crippen molar-refractivity contribution in [2.45, 2.75) is 97.6 Å². The normalized spacial score (nSPS) is 23.6. The number of carbonyl (C=O) groups is 2. The zero-order chi connectivity index (χ0) is 20.1. The van der Waals surface area contributed by atoms with Crippen molar-refractivity contribution < 1.29 is 24.2 Å². The fraction of sp³-hybridized carbons (Fsp3) is 0.800. The molecule has 0 saturated heterocycles. The molecule has 0 bridgehead atoms. The third-order valence-electron chi connectivity index (χ3n) is 4.72. The molecule has 0 saturated carbocycles. The second-order valence-electron chi connectivity index (χ2n) is 7.77. The van der Waals surface area contributed by atoms with Crippen molar-refractivity contribution >= 4 is 11.9 Å². The lowest BCUT2D eigenvalue weighted by atomic mass is 9.86. The first-order chi connectivity index (χ1) is 12.1. The van der Waals surface area contributed by atoms with Gasteiger partial charge < -0.3 is 19.5 Å². The Morgan fingerprint density at radius 3 is 2.27 bits per heavy atom. The van der Waals surface area contributed by atoms with Crippen molar-refractivity contribution in [3.8, 4) is 0 Å². The van der Waals surface area contributed by atoms with Crippen LogP contribution in [0, 0.1) is 0 Å². The monoisotopic (exact) mass is 369 g/mol. The smallest absolute Gasteiger partial charge is 0.333 e. The highest BCUT2D eigenvalue weighted by molar-refractivity contribution is 5.89. The Bertz CT molecular complexity index is 519. The maximum atomic E-state index is 12.3. The van der Waals surface area contributed by atoms with Gasteiger partial charge in [0.15, 0.2) is 0 Å². The first-order valence-corrected chi connectivity index (χ1v) is 9.57. The number of carbonyl (C=O) groups excluding carboxylic acids is 2. The van der Waals surface area contributed by atoms with E-state index in [2.05, 4.69) is 0 Å². The highest BCUT2D eigenvalue weighted by Crippen LogP contribution is 2.31. The van der Waals surface area contributed by atoms with Gasteiger partial charge in [0.1, 0.15) is 12.2 Å².